The fourth-order valence-corrected chi connectivity index (χ4v) is 10.1. The standard InChI is InChI=1S/C32H37ClN2O5S.C7H14N2O.2CH4/c1-20-5-3-7-29(36)26-11-8-24(26)17-35-18-32(14-4-6-22-15-25(33)10-12-27(22)32)19-40-30-13-9-23(16-28(30)35)31(37)34-41(38,39)21(20)2;1-2-9-3-4-10-6-7(9)5-8-1;;/h3,7,9-10,12-13,15-16,20-21,24,26H,4-6,8,11,14,17-19H2,1-2H3,(H,34,37);7-8H,1-6H2;2*1H4/b7-3+;;;/t20-,21+,24-,26+,32-;7-;;/m00../s1. The lowest BCUT2D eigenvalue weighted by atomic mass is 9.68. The molecule has 2 aromatic rings. The molecule has 2 N–H and O–H groups in total. The van der Waals surface area contributed by atoms with Gasteiger partial charge in [-0.3, -0.25) is 14.5 Å². The Labute approximate surface area is 322 Å². The number of benzene rings is 2. The van der Waals surface area contributed by atoms with E-state index in [1.165, 1.54) is 17.7 Å². The van der Waals surface area contributed by atoms with Gasteiger partial charge in [0.25, 0.3) is 5.91 Å². The summed E-state index contributed by atoms with van der Waals surface area (Å²) in [6.07, 6.45) is 8.60. The number of hydrogen-bond donors (Lipinski definition) is 2. The van der Waals surface area contributed by atoms with Crippen LogP contribution in [0.1, 0.15) is 82.3 Å². The zero-order valence-corrected chi connectivity index (χ0v) is 31.3. The van der Waals surface area contributed by atoms with Crippen molar-refractivity contribution in [2.45, 2.75) is 83.9 Å². The van der Waals surface area contributed by atoms with E-state index in [0.29, 0.717) is 37.9 Å². The number of anilines is 1. The zero-order valence-electron chi connectivity index (χ0n) is 29.7. The molecular weight excluding hydrogens is 712 g/mol. The highest BCUT2D eigenvalue weighted by atomic mass is 35.5. The Hall–Kier alpha value is -2.96. The molecule has 2 aromatic carbocycles. The van der Waals surface area contributed by atoms with Crippen molar-refractivity contribution in [3.05, 3.63) is 70.3 Å². The van der Waals surface area contributed by atoms with Gasteiger partial charge in [-0.1, -0.05) is 45.5 Å². The number of morpholine rings is 1. The number of halogens is 1. The van der Waals surface area contributed by atoms with Gasteiger partial charge in [-0.2, -0.15) is 0 Å². The number of fused-ring (bicyclic) bond motifs is 5. The van der Waals surface area contributed by atoms with Gasteiger partial charge in [0, 0.05) is 67.2 Å². The summed E-state index contributed by atoms with van der Waals surface area (Å²) < 4.78 is 40.4. The largest absolute Gasteiger partial charge is 0.490 e. The topological polar surface area (TPSA) is 117 Å². The number of rotatable bonds is 0. The Morgan fingerprint density at radius 2 is 1.87 bits per heavy atom. The SMILES string of the molecule is C.C.C1CN2CCOC[C@@H]2CN1.C[C@@H]1[C@@H](C)C/C=C/C(=O)[C@@H]2CC[C@H]2CN2C[C@@]3(CCCc4cc(Cl)ccc43)COc3ccc(cc32)C(=O)NS1(=O)=O. The minimum absolute atomic E-state index is 0. The lowest BCUT2D eigenvalue weighted by Crippen LogP contribution is -2.56. The van der Waals surface area contributed by atoms with Crippen molar-refractivity contribution in [3.8, 4) is 5.75 Å². The monoisotopic (exact) mass is 770 g/mol. The molecule has 12 heteroatoms. The van der Waals surface area contributed by atoms with Crippen LogP contribution in [0.4, 0.5) is 5.69 Å². The van der Waals surface area contributed by atoms with E-state index in [9.17, 15) is 18.0 Å². The van der Waals surface area contributed by atoms with Crippen LogP contribution >= 0.6 is 11.6 Å². The van der Waals surface area contributed by atoms with E-state index in [1.54, 1.807) is 37.3 Å². The summed E-state index contributed by atoms with van der Waals surface area (Å²) in [6, 6.07) is 11.9. The number of carbonyl (C=O) groups excluding carboxylic acids is 2. The van der Waals surface area contributed by atoms with Gasteiger partial charge < -0.3 is 19.7 Å². The van der Waals surface area contributed by atoms with E-state index in [0.717, 1.165) is 75.7 Å². The molecule has 8 rings (SSSR count). The van der Waals surface area contributed by atoms with Crippen molar-refractivity contribution in [1.82, 2.24) is 14.9 Å². The van der Waals surface area contributed by atoms with Crippen LogP contribution in [0, 0.1) is 17.8 Å². The van der Waals surface area contributed by atoms with Crippen LogP contribution in [0.5, 0.6) is 5.75 Å². The number of ketones is 1. The summed E-state index contributed by atoms with van der Waals surface area (Å²) in [5.41, 5.74) is 3.22. The van der Waals surface area contributed by atoms with Gasteiger partial charge in [-0.05, 0) is 105 Å². The van der Waals surface area contributed by atoms with Gasteiger partial charge in [-0.25, -0.2) is 13.1 Å². The van der Waals surface area contributed by atoms with E-state index in [2.05, 4.69) is 32.0 Å². The van der Waals surface area contributed by atoms with E-state index in [-0.39, 0.29) is 49.4 Å². The molecule has 292 valence electrons. The van der Waals surface area contributed by atoms with Gasteiger partial charge >= 0.3 is 0 Å². The van der Waals surface area contributed by atoms with Crippen LogP contribution < -0.4 is 19.7 Å². The third kappa shape index (κ3) is 8.80. The Kier molecular flexibility index (Phi) is 13.4. The number of sulfonamides is 1. The van der Waals surface area contributed by atoms with Crippen molar-refractivity contribution in [2.75, 3.05) is 64.0 Å². The highest BCUT2D eigenvalue weighted by Crippen LogP contribution is 2.46. The fraction of sp³-hybridized carbons (Fsp3) is 0.610. The van der Waals surface area contributed by atoms with Crippen molar-refractivity contribution in [3.63, 3.8) is 0 Å². The molecule has 2 bridgehead atoms. The van der Waals surface area contributed by atoms with E-state index in [1.807, 2.05) is 13.0 Å². The van der Waals surface area contributed by atoms with Crippen LogP contribution in [-0.4, -0.2) is 95.4 Å². The second kappa shape index (κ2) is 17.2. The highest BCUT2D eigenvalue weighted by Gasteiger charge is 2.44. The van der Waals surface area contributed by atoms with E-state index >= 15 is 0 Å². The third-order valence-corrected chi connectivity index (χ3v) is 14.3. The molecule has 1 amide bonds. The fourth-order valence-electron chi connectivity index (χ4n) is 8.66. The molecule has 2 saturated heterocycles. The minimum Gasteiger partial charge on any atom is -0.490 e. The van der Waals surface area contributed by atoms with Gasteiger partial charge in [0.15, 0.2) is 5.78 Å². The molecule has 0 unspecified atom stereocenters. The van der Waals surface area contributed by atoms with Gasteiger partial charge in [0.2, 0.25) is 10.0 Å². The molecular formula is C41H59ClN4O6S. The zero-order chi connectivity index (χ0) is 35.8. The van der Waals surface area contributed by atoms with Crippen molar-refractivity contribution < 1.29 is 27.5 Å². The molecule has 6 atom stereocenters. The summed E-state index contributed by atoms with van der Waals surface area (Å²) in [5, 5.41) is 3.28. The number of piperazine rings is 1. The first-order valence-electron chi connectivity index (χ1n) is 18.6. The molecule has 0 aromatic heterocycles. The first kappa shape index (κ1) is 41.2. The summed E-state index contributed by atoms with van der Waals surface area (Å²) in [6.45, 7) is 11.7. The third-order valence-electron chi connectivity index (χ3n) is 12.2. The first-order chi connectivity index (χ1) is 24.5. The average molecular weight is 771 g/mol. The van der Waals surface area contributed by atoms with E-state index < -0.39 is 21.2 Å². The molecule has 53 heavy (non-hydrogen) atoms. The van der Waals surface area contributed by atoms with E-state index in [4.69, 9.17) is 21.1 Å². The predicted octanol–water partition coefficient (Wildman–Crippen LogP) is 6.02. The lowest BCUT2D eigenvalue weighted by molar-refractivity contribution is -0.122. The maximum Gasteiger partial charge on any atom is 0.264 e. The maximum atomic E-state index is 13.3. The lowest BCUT2D eigenvalue weighted by Gasteiger charge is -2.44. The van der Waals surface area contributed by atoms with Gasteiger partial charge in [-0.15, -0.1) is 0 Å². The summed E-state index contributed by atoms with van der Waals surface area (Å²) in [5.74, 6) is -0.0319. The van der Waals surface area contributed by atoms with Gasteiger partial charge in [0.05, 0.1) is 30.8 Å². The first-order valence-corrected chi connectivity index (χ1v) is 20.5. The van der Waals surface area contributed by atoms with Crippen molar-refractivity contribution in [1.29, 1.82) is 0 Å². The number of carbonyl (C=O) groups is 2. The minimum atomic E-state index is -3.93. The molecule has 10 nitrogen and oxygen atoms in total. The maximum absolute atomic E-state index is 13.3. The number of nitrogens with zero attached hydrogens (tertiary/aromatic N) is 2. The second-order valence-electron chi connectivity index (χ2n) is 15.4. The molecule has 1 spiro atoms. The Morgan fingerprint density at radius 3 is 2.64 bits per heavy atom. The smallest absolute Gasteiger partial charge is 0.264 e. The van der Waals surface area contributed by atoms with Crippen LogP contribution in [-0.2, 0) is 31.4 Å². The molecule has 4 aliphatic heterocycles. The van der Waals surface area contributed by atoms with Crippen molar-refractivity contribution in [2.24, 2.45) is 17.8 Å². The number of allylic oxidation sites excluding steroid dienone is 2. The molecule has 6 aliphatic rings. The van der Waals surface area contributed by atoms with Crippen LogP contribution in [0.25, 0.3) is 0 Å². The van der Waals surface area contributed by atoms with Gasteiger partial charge in [0.1, 0.15) is 5.75 Å². The molecule has 2 aliphatic carbocycles. The quantitative estimate of drug-likeness (QED) is 0.332. The second-order valence-corrected chi connectivity index (χ2v) is 17.9. The number of nitrogens with one attached hydrogen (secondary N) is 2. The average Bonchev–Trinajstić information content (AvgIpc) is 3.26. The molecule has 1 saturated carbocycles. The summed E-state index contributed by atoms with van der Waals surface area (Å²) in [7, 11) is -3.93. The normalized spacial score (nSPS) is 31.5. The van der Waals surface area contributed by atoms with Crippen LogP contribution in [0.2, 0.25) is 5.02 Å². The molecule has 3 fully saturated rings. The highest BCUT2D eigenvalue weighted by molar-refractivity contribution is 7.90. The molecule has 4 heterocycles. The predicted molar refractivity (Wildman–Crippen MR) is 213 cm³/mol. The number of amides is 1. The van der Waals surface area contributed by atoms with Crippen LogP contribution in [0.15, 0.2) is 48.6 Å². The van der Waals surface area contributed by atoms with Crippen LogP contribution in [0.3, 0.4) is 0 Å². The number of hydrogen-bond acceptors (Lipinski definition) is 9. The summed E-state index contributed by atoms with van der Waals surface area (Å²) in [4.78, 5) is 31.3. The Balaban J connectivity index is 0.000000388. The molecule has 0 radical (unpaired) electrons. The number of ether oxygens (including phenoxy) is 2. The Bertz CT molecular complexity index is 1740. The summed E-state index contributed by atoms with van der Waals surface area (Å²) >= 11 is 6.37. The number of aryl methyl sites for hydroxylation is 1. The Morgan fingerprint density at radius 1 is 1.04 bits per heavy atom. The van der Waals surface area contributed by atoms with Crippen molar-refractivity contribution >= 4 is 39.0 Å².